The number of aromatic nitrogens is 1. The number of fused-ring (bicyclic) bond motifs is 1. The van der Waals surface area contributed by atoms with E-state index in [1.165, 1.54) is 17.7 Å². The second-order valence-electron chi connectivity index (χ2n) is 5.01. The van der Waals surface area contributed by atoms with Crippen LogP contribution in [0.4, 0.5) is 5.69 Å². The maximum atomic E-state index is 12.2. The number of carbonyl (C=O) groups excluding carboxylic acids is 1. The number of benzene rings is 1. The number of H-pyrrole nitrogens is 1. The van der Waals surface area contributed by atoms with E-state index >= 15 is 0 Å². The molecular weight excluding hydrogens is 236 g/mol. The summed E-state index contributed by atoms with van der Waals surface area (Å²) >= 11 is 0. The van der Waals surface area contributed by atoms with Crippen molar-refractivity contribution in [3.63, 3.8) is 0 Å². The fraction of sp³-hybridized carbons (Fsp3) is 0.312. The van der Waals surface area contributed by atoms with E-state index in [9.17, 15) is 4.79 Å². The summed E-state index contributed by atoms with van der Waals surface area (Å²) < 4.78 is 0. The highest BCUT2D eigenvalue weighted by molar-refractivity contribution is 5.97. The molecule has 0 amide bonds. The summed E-state index contributed by atoms with van der Waals surface area (Å²) in [7, 11) is 0. The van der Waals surface area contributed by atoms with Crippen LogP contribution >= 0.6 is 0 Å². The van der Waals surface area contributed by atoms with E-state index in [0.717, 1.165) is 19.4 Å². The summed E-state index contributed by atoms with van der Waals surface area (Å²) in [5.74, 6) is 0.154. The monoisotopic (exact) mass is 254 g/mol. The Hall–Kier alpha value is -2.03. The van der Waals surface area contributed by atoms with Crippen molar-refractivity contribution < 1.29 is 4.79 Å². The Morgan fingerprint density at radius 3 is 2.89 bits per heavy atom. The average Bonchev–Trinajstić information content (AvgIpc) is 2.90. The van der Waals surface area contributed by atoms with Gasteiger partial charge in [0.05, 0.1) is 12.2 Å². The highest BCUT2D eigenvalue weighted by atomic mass is 16.1. The van der Waals surface area contributed by atoms with E-state index in [-0.39, 0.29) is 5.78 Å². The lowest BCUT2D eigenvalue weighted by molar-refractivity contribution is 0.0995. The number of Topliss-reactive ketones (excluding diaryl/α,β-unsaturated/α-hetero) is 1. The van der Waals surface area contributed by atoms with Gasteiger partial charge in [-0.05, 0) is 43.0 Å². The van der Waals surface area contributed by atoms with Gasteiger partial charge in [-0.1, -0.05) is 18.2 Å². The van der Waals surface area contributed by atoms with Crippen molar-refractivity contribution in [1.82, 2.24) is 4.98 Å². The van der Waals surface area contributed by atoms with E-state index in [2.05, 4.69) is 34.1 Å². The number of nitrogens with one attached hydrogen (secondary N) is 1. The Morgan fingerprint density at radius 1 is 1.16 bits per heavy atom. The third-order valence-electron chi connectivity index (χ3n) is 3.69. The Labute approximate surface area is 113 Å². The zero-order chi connectivity index (χ0) is 13.1. The maximum absolute atomic E-state index is 12.2. The van der Waals surface area contributed by atoms with Gasteiger partial charge in [-0.15, -0.1) is 0 Å². The van der Waals surface area contributed by atoms with Crippen LogP contribution in [-0.4, -0.2) is 23.9 Å². The molecule has 1 aliphatic rings. The quantitative estimate of drug-likeness (QED) is 0.855. The van der Waals surface area contributed by atoms with Gasteiger partial charge in [0.15, 0.2) is 5.78 Å². The number of hydrogen-bond acceptors (Lipinski definition) is 2. The summed E-state index contributed by atoms with van der Waals surface area (Å²) in [5.41, 5.74) is 3.28. The number of anilines is 1. The van der Waals surface area contributed by atoms with Crippen LogP contribution in [-0.2, 0) is 6.42 Å². The third kappa shape index (κ3) is 2.55. The first-order valence-electron chi connectivity index (χ1n) is 6.84. The molecule has 2 heterocycles. The summed E-state index contributed by atoms with van der Waals surface area (Å²) in [4.78, 5) is 17.4. The first kappa shape index (κ1) is 12.0. The van der Waals surface area contributed by atoms with Gasteiger partial charge in [-0.25, -0.2) is 0 Å². The molecule has 0 saturated carbocycles. The zero-order valence-electron chi connectivity index (χ0n) is 10.9. The Morgan fingerprint density at radius 2 is 2.05 bits per heavy atom. The van der Waals surface area contributed by atoms with Gasteiger partial charge in [0, 0.05) is 18.4 Å². The molecule has 0 aliphatic carbocycles. The van der Waals surface area contributed by atoms with Crippen LogP contribution in [0.15, 0.2) is 42.6 Å². The molecule has 2 aromatic rings. The van der Waals surface area contributed by atoms with Crippen LogP contribution in [0.1, 0.15) is 28.9 Å². The SMILES string of the molecule is O=C(CN1CCCCc2ccccc21)c1ccc[nH]1. The van der Waals surface area contributed by atoms with Crippen LogP contribution in [0.5, 0.6) is 0 Å². The highest BCUT2D eigenvalue weighted by Crippen LogP contribution is 2.26. The lowest BCUT2D eigenvalue weighted by atomic mass is 10.1. The number of hydrogen-bond donors (Lipinski definition) is 1. The summed E-state index contributed by atoms with van der Waals surface area (Å²) in [6, 6.07) is 12.1. The van der Waals surface area contributed by atoms with Crippen LogP contribution in [0.25, 0.3) is 0 Å². The lowest BCUT2D eigenvalue weighted by Gasteiger charge is -2.23. The molecule has 0 fully saturated rings. The van der Waals surface area contributed by atoms with E-state index in [1.54, 1.807) is 6.20 Å². The Bertz CT molecular complexity index is 560. The van der Waals surface area contributed by atoms with E-state index in [4.69, 9.17) is 0 Å². The summed E-state index contributed by atoms with van der Waals surface area (Å²) in [6.07, 6.45) is 5.25. The van der Waals surface area contributed by atoms with E-state index in [1.807, 2.05) is 12.1 Å². The molecule has 3 rings (SSSR count). The van der Waals surface area contributed by atoms with Crippen LogP contribution in [0.2, 0.25) is 0 Å². The van der Waals surface area contributed by atoms with Crippen molar-refractivity contribution in [1.29, 1.82) is 0 Å². The minimum atomic E-state index is 0.154. The van der Waals surface area contributed by atoms with Gasteiger partial charge in [0.25, 0.3) is 0 Å². The van der Waals surface area contributed by atoms with Gasteiger partial charge in [-0.3, -0.25) is 4.79 Å². The molecule has 3 heteroatoms. The fourth-order valence-corrected chi connectivity index (χ4v) is 2.70. The fourth-order valence-electron chi connectivity index (χ4n) is 2.70. The molecule has 3 nitrogen and oxygen atoms in total. The molecule has 0 bridgehead atoms. The van der Waals surface area contributed by atoms with Gasteiger partial charge in [0.2, 0.25) is 0 Å². The second-order valence-corrected chi connectivity index (χ2v) is 5.01. The minimum Gasteiger partial charge on any atom is -0.364 e. The van der Waals surface area contributed by atoms with Crippen LogP contribution in [0, 0.1) is 0 Å². The largest absolute Gasteiger partial charge is 0.364 e. The Balaban J connectivity index is 1.83. The first-order chi connectivity index (χ1) is 9.34. The number of aromatic amines is 1. The van der Waals surface area contributed by atoms with Crippen molar-refractivity contribution >= 4 is 11.5 Å². The predicted octanol–water partition coefficient (Wildman–Crippen LogP) is 3.04. The normalized spacial score (nSPS) is 14.8. The van der Waals surface area contributed by atoms with Crippen molar-refractivity contribution in [3.05, 3.63) is 53.9 Å². The van der Waals surface area contributed by atoms with Gasteiger partial charge in [0.1, 0.15) is 0 Å². The van der Waals surface area contributed by atoms with Gasteiger partial charge in [-0.2, -0.15) is 0 Å². The number of nitrogens with zero attached hydrogens (tertiary/aromatic N) is 1. The zero-order valence-corrected chi connectivity index (χ0v) is 10.9. The molecule has 0 unspecified atom stereocenters. The standard InChI is InChI=1S/C16H18N2O/c19-16(14-8-5-10-17-14)12-18-11-4-3-7-13-6-1-2-9-15(13)18/h1-2,5-6,8-10,17H,3-4,7,11-12H2. The minimum absolute atomic E-state index is 0.154. The van der Waals surface area contributed by atoms with E-state index < -0.39 is 0 Å². The first-order valence-corrected chi connectivity index (χ1v) is 6.84. The number of aryl methyl sites for hydroxylation is 1. The van der Waals surface area contributed by atoms with Crippen molar-refractivity contribution in [2.45, 2.75) is 19.3 Å². The van der Waals surface area contributed by atoms with Crippen LogP contribution < -0.4 is 4.90 Å². The molecule has 0 spiro atoms. The van der Waals surface area contributed by atoms with Crippen molar-refractivity contribution in [2.75, 3.05) is 18.0 Å². The number of rotatable bonds is 3. The van der Waals surface area contributed by atoms with Crippen molar-refractivity contribution in [3.8, 4) is 0 Å². The van der Waals surface area contributed by atoms with Gasteiger partial charge < -0.3 is 9.88 Å². The molecule has 1 aromatic carbocycles. The van der Waals surface area contributed by atoms with Gasteiger partial charge >= 0.3 is 0 Å². The molecule has 1 aliphatic heterocycles. The summed E-state index contributed by atoms with van der Waals surface area (Å²) in [5, 5.41) is 0. The molecule has 0 radical (unpaired) electrons. The molecule has 98 valence electrons. The molecule has 1 aromatic heterocycles. The number of ketones is 1. The maximum Gasteiger partial charge on any atom is 0.198 e. The Kier molecular flexibility index (Phi) is 3.36. The molecule has 1 N–H and O–H groups in total. The van der Waals surface area contributed by atoms with Crippen LogP contribution in [0.3, 0.4) is 0 Å². The molecule has 0 atom stereocenters. The van der Waals surface area contributed by atoms with Crippen molar-refractivity contribution in [2.24, 2.45) is 0 Å². The third-order valence-corrected chi connectivity index (χ3v) is 3.69. The number of para-hydroxylation sites is 1. The number of carbonyl (C=O) groups is 1. The average molecular weight is 254 g/mol. The lowest BCUT2D eigenvalue weighted by Crippen LogP contribution is -2.30. The molecule has 0 saturated heterocycles. The molecular formula is C16H18N2O. The summed E-state index contributed by atoms with van der Waals surface area (Å²) in [6.45, 7) is 1.42. The highest BCUT2D eigenvalue weighted by Gasteiger charge is 2.18. The topological polar surface area (TPSA) is 36.1 Å². The van der Waals surface area contributed by atoms with E-state index in [0.29, 0.717) is 12.2 Å². The second kappa shape index (κ2) is 5.31. The predicted molar refractivity (Wildman–Crippen MR) is 76.7 cm³/mol. The molecule has 19 heavy (non-hydrogen) atoms. The smallest absolute Gasteiger partial charge is 0.198 e.